The Morgan fingerprint density at radius 1 is 1.24 bits per heavy atom. The van der Waals surface area contributed by atoms with Crippen molar-refractivity contribution in [2.24, 2.45) is 23.2 Å². The number of hydrogen-bond acceptors (Lipinski definition) is 3. The molecule has 0 radical (unpaired) electrons. The number of ether oxygens (including phenoxy) is 1. The van der Waals surface area contributed by atoms with Crippen molar-refractivity contribution in [3.8, 4) is 5.75 Å². The molecule has 4 bridgehead atoms. The predicted molar refractivity (Wildman–Crippen MR) is 114 cm³/mol. The van der Waals surface area contributed by atoms with E-state index in [9.17, 15) is 4.79 Å². The van der Waals surface area contributed by atoms with Crippen molar-refractivity contribution >= 4 is 23.5 Å². The Morgan fingerprint density at radius 2 is 1.93 bits per heavy atom. The van der Waals surface area contributed by atoms with Crippen LogP contribution in [0.4, 0.5) is 0 Å². The van der Waals surface area contributed by atoms with Gasteiger partial charge in [0.05, 0.1) is 24.9 Å². The number of aromatic nitrogens is 2. The monoisotopic (exact) mass is 410 g/mol. The van der Waals surface area contributed by atoms with E-state index < -0.39 is 0 Å². The summed E-state index contributed by atoms with van der Waals surface area (Å²) in [6.45, 7) is 0.570. The molecule has 6 rings (SSSR count). The standard InChI is InChI=1S/C24H27ClN2O2/c1-29-22-4-2-16(9-20(22)14-27-15-21(25)13-26-27)3-5-23(28)24-10-17-6-18(11-24)8-19(7-17)12-24/h2-5,9,13,15,17-19H,6-8,10-12,14H2,1H3/b5-3+. The van der Waals surface area contributed by atoms with Crippen molar-refractivity contribution < 1.29 is 9.53 Å². The number of benzene rings is 1. The smallest absolute Gasteiger partial charge is 0.161 e. The summed E-state index contributed by atoms with van der Waals surface area (Å²) in [6, 6.07) is 6.02. The average molecular weight is 411 g/mol. The summed E-state index contributed by atoms with van der Waals surface area (Å²) >= 11 is 5.98. The maximum atomic E-state index is 13.2. The van der Waals surface area contributed by atoms with Crippen LogP contribution in [0.15, 0.2) is 36.7 Å². The quantitative estimate of drug-likeness (QED) is 0.599. The van der Waals surface area contributed by atoms with Gasteiger partial charge in [0.25, 0.3) is 0 Å². The van der Waals surface area contributed by atoms with Crippen molar-refractivity contribution in [1.82, 2.24) is 9.78 Å². The van der Waals surface area contributed by atoms with E-state index in [4.69, 9.17) is 16.3 Å². The zero-order valence-electron chi connectivity index (χ0n) is 16.8. The highest BCUT2D eigenvalue weighted by atomic mass is 35.5. The van der Waals surface area contributed by atoms with Crippen LogP contribution in [-0.4, -0.2) is 22.7 Å². The molecular weight excluding hydrogens is 384 g/mol. The Kier molecular flexibility index (Phi) is 4.78. The normalized spacial score (nSPS) is 30.2. The van der Waals surface area contributed by atoms with Gasteiger partial charge in [0.1, 0.15) is 5.75 Å². The third-order valence-electron chi connectivity index (χ3n) is 7.23. The van der Waals surface area contributed by atoms with E-state index in [1.807, 2.05) is 24.3 Å². The molecule has 0 N–H and O–H groups in total. The van der Waals surface area contributed by atoms with E-state index >= 15 is 0 Å². The lowest BCUT2D eigenvalue weighted by atomic mass is 9.48. The number of hydrogen-bond donors (Lipinski definition) is 0. The molecule has 1 aromatic heterocycles. The van der Waals surface area contributed by atoms with Gasteiger partial charge < -0.3 is 4.74 Å². The van der Waals surface area contributed by atoms with Crippen molar-refractivity contribution in [1.29, 1.82) is 0 Å². The van der Waals surface area contributed by atoms with Crippen molar-refractivity contribution in [2.75, 3.05) is 7.11 Å². The van der Waals surface area contributed by atoms with Crippen molar-refractivity contribution in [3.63, 3.8) is 0 Å². The lowest BCUT2D eigenvalue weighted by molar-refractivity contribution is -0.138. The zero-order valence-corrected chi connectivity index (χ0v) is 17.6. The largest absolute Gasteiger partial charge is 0.496 e. The maximum absolute atomic E-state index is 13.2. The van der Waals surface area contributed by atoms with Gasteiger partial charge in [0.2, 0.25) is 0 Å². The number of rotatable bonds is 6. The summed E-state index contributed by atoms with van der Waals surface area (Å²) < 4.78 is 7.29. The van der Waals surface area contributed by atoms with E-state index in [0.29, 0.717) is 17.4 Å². The highest BCUT2D eigenvalue weighted by Gasteiger charge is 2.53. The molecule has 2 aromatic rings. The number of methoxy groups -OCH3 is 1. The maximum Gasteiger partial charge on any atom is 0.161 e. The number of nitrogens with zero attached hydrogens (tertiary/aromatic N) is 2. The number of carbonyl (C=O) groups excluding carboxylic acids is 1. The lowest BCUT2D eigenvalue weighted by Gasteiger charge is -2.55. The van der Waals surface area contributed by atoms with Gasteiger partial charge in [-0.1, -0.05) is 23.7 Å². The number of ketones is 1. The van der Waals surface area contributed by atoms with Gasteiger partial charge in [0.15, 0.2) is 5.78 Å². The molecule has 0 unspecified atom stereocenters. The zero-order chi connectivity index (χ0) is 20.0. The fraction of sp³-hybridized carbons (Fsp3) is 0.500. The number of carbonyl (C=O) groups is 1. The highest BCUT2D eigenvalue weighted by molar-refractivity contribution is 6.30. The first-order chi connectivity index (χ1) is 14.0. The van der Waals surface area contributed by atoms with Gasteiger partial charge in [-0.05, 0) is 80.1 Å². The van der Waals surface area contributed by atoms with Crippen LogP contribution in [-0.2, 0) is 11.3 Å². The molecule has 4 aliphatic rings. The van der Waals surface area contributed by atoms with Gasteiger partial charge in [-0.25, -0.2) is 0 Å². The van der Waals surface area contributed by atoms with E-state index in [-0.39, 0.29) is 5.41 Å². The Bertz CT molecular complexity index is 926. The summed E-state index contributed by atoms with van der Waals surface area (Å²) in [4.78, 5) is 13.2. The molecule has 1 aromatic carbocycles. The molecule has 0 atom stereocenters. The van der Waals surface area contributed by atoms with Crippen LogP contribution in [0.5, 0.6) is 5.75 Å². The topological polar surface area (TPSA) is 44.1 Å². The number of halogens is 1. The predicted octanol–water partition coefficient (Wildman–Crippen LogP) is 5.39. The van der Waals surface area contributed by atoms with Crippen LogP contribution < -0.4 is 4.74 Å². The molecule has 4 nitrogen and oxygen atoms in total. The summed E-state index contributed by atoms with van der Waals surface area (Å²) in [7, 11) is 1.67. The van der Waals surface area contributed by atoms with E-state index in [2.05, 4.69) is 11.2 Å². The van der Waals surface area contributed by atoms with Crippen molar-refractivity contribution in [3.05, 3.63) is 52.8 Å². The fourth-order valence-corrected chi connectivity index (χ4v) is 6.54. The number of allylic oxidation sites excluding steroid dienone is 1. The summed E-state index contributed by atoms with van der Waals surface area (Å²) in [6.07, 6.45) is 14.6. The highest BCUT2D eigenvalue weighted by Crippen LogP contribution is 2.60. The summed E-state index contributed by atoms with van der Waals surface area (Å²) in [5.41, 5.74) is 1.95. The van der Waals surface area contributed by atoms with E-state index in [1.54, 1.807) is 24.2 Å². The van der Waals surface area contributed by atoms with Gasteiger partial charge in [0, 0.05) is 17.2 Å². The average Bonchev–Trinajstić information content (AvgIpc) is 3.10. The molecule has 0 spiro atoms. The second kappa shape index (κ2) is 7.32. The SMILES string of the molecule is COc1ccc(/C=C/C(=O)C23CC4CC(CC(C4)C2)C3)cc1Cn1cc(Cl)cn1. The first-order valence-electron chi connectivity index (χ1n) is 10.6. The molecule has 5 heteroatoms. The summed E-state index contributed by atoms with van der Waals surface area (Å²) in [5.74, 6) is 3.50. The van der Waals surface area contributed by atoms with E-state index in [1.165, 1.54) is 19.3 Å². The molecule has 4 fully saturated rings. The third-order valence-corrected chi connectivity index (χ3v) is 7.42. The molecule has 1 heterocycles. The van der Waals surface area contributed by atoms with Crippen LogP contribution in [0.25, 0.3) is 6.08 Å². The Balaban J connectivity index is 1.35. The minimum absolute atomic E-state index is 0.0770. The van der Waals surface area contributed by atoms with E-state index in [0.717, 1.165) is 53.9 Å². The molecule has 4 saturated carbocycles. The van der Waals surface area contributed by atoms with Crippen LogP contribution >= 0.6 is 11.6 Å². The molecule has 4 aliphatic carbocycles. The van der Waals surface area contributed by atoms with Crippen LogP contribution in [0.3, 0.4) is 0 Å². The first kappa shape index (κ1) is 18.9. The molecule has 29 heavy (non-hydrogen) atoms. The van der Waals surface area contributed by atoms with Gasteiger partial charge >= 0.3 is 0 Å². The van der Waals surface area contributed by atoms with Crippen LogP contribution in [0, 0.1) is 23.2 Å². The first-order valence-corrected chi connectivity index (χ1v) is 11.0. The van der Waals surface area contributed by atoms with Gasteiger partial charge in [-0.2, -0.15) is 5.10 Å². The Hall–Kier alpha value is -2.07. The Labute approximate surface area is 176 Å². The second-order valence-electron chi connectivity index (χ2n) is 9.32. The lowest BCUT2D eigenvalue weighted by Crippen LogP contribution is -2.49. The van der Waals surface area contributed by atoms with Crippen LogP contribution in [0.2, 0.25) is 5.02 Å². The fourth-order valence-electron chi connectivity index (χ4n) is 6.39. The summed E-state index contributed by atoms with van der Waals surface area (Å²) in [5, 5.41) is 4.87. The Morgan fingerprint density at radius 3 is 2.52 bits per heavy atom. The molecule has 152 valence electrons. The molecule has 0 amide bonds. The second-order valence-corrected chi connectivity index (χ2v) is 9.76. The van der Waals surface area contributed by atoms with Gasteiger partial charge in [-0.15, -0.1) is 0 Å². The molecule has 0 aliphatic heterocycles. The molecule has 0 saturated heterocycles. The van der Waals surface area contributed by atoms with Crippen LogP contribution in [0.1, 0.15) is 49.7 Å². The minimum Gasteiger partial charge on any atom is -0.496 e. The minimum atomic E-state index is -0.0770. The molecular formula is C24H27ClN2O2. The van der Waals surface area contributed by atoms with Crippen molar-refractivity contribution in [2.45, 2.75) is 45.1 Å². The third kappa shape index (κ3) is 3.63. The van der Waals surface area contributed by atoms with Gasteiger partial charge in [-0.3, -0.25) is 9.48 Å².